The van der Waals surface area contributed by atoms with Gasteiger partial charge in [-0.15, -0.1) is 11.3 Å². The fraction of sp³-hybridized carbons (Fsp3) is 0.444. The Labute approximate surface area is 154 Å². The number of hydrogen-bond donors (Lipinski definition) is 1. The molecule has 3 rings (SSSR count). The number of nitrogens with zero attached hydrogens (tertiary/aromatic N) is 1. The van der Waals surface area contributed by atoms with Crippen molar-refractivity contribution in [1.82, 2.24) is 5.32 Å². The van der Waals surface area contributed by atoms with Crippen LogP contribution in [-0.2, 0) is 9.53 Å². The number of ether oxygens (including phenoxy) is 1. The number of thiophene rings is 1. The largest absolute Gasteiger partial charge is 0.451 e. The number of carbonyl (C=O) groups is 2. The van der Waals surface area contributed by atoms with E-state index in [-0.39, 0.29) is 24.2 Å². The van der Waals surface area contributed by atoms with Gasteiger partial charge in [-0.3, -0.25) is 14.9 Å². The van der Waals surface area contributed by atoms with Crippen molar-refractivity contribution >= 4 is 39.0 Å². The molecule has 1 heterocycles. The van der Waals surface area contributed by atoms with Crippen molar-refractivity contribution < 1.29 is 19.2 Å². The number of hydrogen-bond acceptors (Lipinski definition) is 6. The number of benzene rings is 1. The normalized spacial score (nSPS) is 19.9. The highest BCUT2D eigenvalue weighted by Gasteiger charge is 2.23. The highest BCUT2D eigenvalue weighted by molar-refractivity contribution is 7.20. The Bertz CT molecular complexity index is 847. The third-order valence-electron chi connectivity index (χ3n) is 4.70. The molecule has 1 amide bonds. The Kier molecular flexibility index (Phi) is 5.51. The zero-order valence-electron chi connectivity index (χ0n) is 14.4. The Balaban J connectivity index is 1.58. The number of amides is 1. The molecule has 1 N–H and O–H groups in total. The van der Waals surface area contributed by atoms with E-state index < -0.39 is 10.9 Å². The first-order valence-electron chi connectivity index (χ1n) is 8.58. The summed E-state index contributed by atoms with van der Waals surface area (Å²) in [4.78, 5) is 34.9. The van der Waals surface area contributed by atoms with Gasteiger partial charge in [0.2, 0.25) is 0 Å². The van der Waals surface area contributed by atoms with E-state index in [1.165, 1.54) is 29.9 Å². The molecule has 8 heteroatoms. The van der Waals surface area contributed by atoms with Crippen molar-refractivity contribution in [3.05, 3.63) is 39.3 Å². The molecule has 1 fully saturated rings. The van der Waals surface area contributed by atoms with Crippen molar-refractivity contribution in [2.45, 2.75) is 38.6 Å². The maximum atomic E-state index is 12.2. The minimum absolute atomic E-state index is 0.0313. The second kappa shape index (κ2) is 7.82. The van der Waals surface area contributed by atoms with E-state index in [0.717, 1.165) is 24.0 Å². The third kappa shape index (κ3) is 4.19. The number of carbonyl (C=O) groups excluding carboxylic acids is 2. The van der Waals surface area contributed by atoms with Crippen molar-refractivity contribution in [2.75, 3.05) is 6.61 Å². The maximum absolute atomic E-state index is 12.2. The van der Waals surface area contributed by atoms with E-state index in [2.05, 4.69) is 12.2 Å². The molecular formula is C18H20N2O5S. The van der Waals surface area contributed by atoms with Crippen LogP contribution in [0.15, 0.2) is 24.3 Å². The van der Waals surface area contributed by atoms with Gasteiger partial charge in [-0.1, -0.05) is 19.8 Å². The van der Waals surface area contributed by atoms with Gasteiger partial charge < -0.3 is 10.1 Å². The van der Waals surface area contributed by atoms with E-state index in [4.69, 9.17) is 4.74 Å². The predicted octanol–water partition coefficient (Wildman–Crippen LogP) is 3.66. The topological polar surface area (TPSA) is 98.5 Å². The van der Waals surface area contributed by atoms with Crippen LogP contribution in [0.1, 0.15) is 42.3 Å². The average Bonchev–Trinajstić information content (AvgIpc) is 3.05. The lowest BCUT2D eigenvalue weighted by Gasteiger charge is -2.29. The van der Waals surface area contributed by atoms with Crippen LogP contribution in [0.2, 0.25) is 0 Å². The monoisotopic (exact) mass is 376 g/mol. The highest BCUT2D eigenvalue weighted by Crippen LogP contribution is 2.29. The quantitative estimate of drug-likeness (QED) is 0.488. The molecule has 1 saturated carbocycles. The number of rotatable bonds is 5. The molecule has 1 aliphatic carbocycles. The molecule has 0 aliphatic heterocycles. The zero-order valence-corrected chi connectivity index (χ0v) is 15.2. The summed E-state index contributed by atoms with van der Waals surface area (Å²) >= 11 is 1.18. The van der Waals surface area contributed by atoms with Crippen molar-refractivity contribution in [3.63, 3.8) is 0 Å². The van der Waals surface area contributed by atoms with Crippen molar-refractivity contribution in [3.8, 4) is 0 Å². The number of nitro groups is 1. The second-order valence-electron chi connectivity index (χ2n) is 6.60. The first-order chi connectivity index (χ1) is 12.4. The molecule has 0 bridgehead atoms. The van der Waals surface area contributed by atoms with E-state index in [1.54, 1.807) is 12.1 Å². The summed E-state index contributed by atoms with van der Waals surface area (Å²) in [7, 11) is 0. The van der Waals surface area contributed by atoms with E-state index in [1.807, 2.05) is 0 Å². The SMILES string of the molecule is C[C@@H]1CCCC[C@H]1NC(=O)COC(=O)c1cc2cc([N+](=O)[O-])ccc2s1. The van der Waals surface area contributed by atoms with Crippen LogP contribution >= 0.6 is 11.3 Å². The van der Waals surface area contributed by atoms with Crippen molar-refractivity contribution in [1.29, 1.82) is 0 Å². The maximum Gasteiger partial charge on any atom is 0.348 e. The Morgan fingerprint density at radius 3 is 2.81 bits per heavy atom. The van der Waals surface area contributed by atoms with Crippen LogP contribution < -0.4 is 5.32 Å². The number of nitro benzene ring substituents is 1. The van der Waals surface area contributed by atoms with Gasteiger partial charge in [-0.25, -0.2) is 4.79 Å². The Morgan fingerprint density at radius 2 is 2.08 bits per heavy atom. The summed E-state index contributed by atoms with van der Waals surface area (Å²) in [5, 5.41) is 14.4. The number of fused-ring (bicyclic) bond motifs is 1. The van der Waals surface area contributed by atoms with Crippen LogP contribution in [0.5, 0.6) is 0 Å². The van der Waals surface area contributed by atoms with E-state index in [0.29, 0.717) is 16.2 Å². The lowest BCUT2D eigenvalue weighted by Crippen LogP contribution is -2.42. The van der Waals surface area contributed by atoms with Gasteiger partial charge in [-0.2, -0.15) is 0 Å². The number of non-ortho nitro benzene ring substituents is 1. The van der Waals surface area contributed by atoms with E-state index in [9.17, 15) is 19.7 Å². The van der Waals surface area contributed by atoms with Gasteiger partial charge in [-0.05, 0) is 30.9 Å². The van der Waals surface area contributed by atoms with Gasteiger partial charge in [0.05, 0.1) is 4.92 Å². The summed E-state index contributed by atoms with van der Waals surface area (Å²) in [5.41, 5.74) is -0.0313. The molecule has 1 aromatic heterocycles. The van der Waals surface area contributed by atoms with Gasteiger partial charge >= 0.3 is 5.97 Å². The number of esters is 1. The minimum atomic E-state index is -0.597. The molecule has 138 valence electrons. The molecule has 2 aromatic rings. The van der Waals surface area contributed by atoms with Crippen LogP contribution in [-0.4, -0.2) is 29.4 Å². The lowest BCUT2D eigenvalue weighted by molar-refractivity contribution is -0.384. The summed E-state index contributed by atoms with van der Waals surface area (Å²) in [6, 6.07) is 6.11. The van der Waals surface area contributed by atoms with Crippen LogP contribution in [0.25, 0.3) is 10.1 Å². The van der Waals surface area contributed by atoms with Gasteiger partial charge in [0, 0.05) is 28.3 Å². The third-order valence-corrected chi connectivity index (χ3v) is 5.80. The Hall–Kier alpha value is -2.48. The van der Waals surface area contributed by atoms with Gasteiger partial charge in [0.15, 0.2) is 6.61 Å². The molecule has 1 aromatic carbocycles. The molecule has 1 aliphatic rings. The Morgan fingerprint density at radius 1 is 1.31 bits per heavy atom. The van der Waals surface area contributed by atoms with Gasteiger partial charge in [0.25, 0.3) is 11.6 Å². The van der Waals surface area contributed by atoms with Crippen LogP contribution in [0.3, 0.4) is 0 Å². The molecule has 2 atom stereocenters. The van der Waals surface area contributed by atoms with E-state index >= 15 is 0 Å². The fourth-order valence-electron chi connectivity index (χ4n) is 3.23. The number of nitrogens with one attached hydrogen (secondary N) is 1. The average molecular weight is 376 g/mol. The minimum Gasteiger partial charge on any atom is -0.451 e. The molecule has 0 radical (unpaired) electrons. The fourth-order valence-corrected chi connectivity index (χ4v) is 4.16. The summed E-state index contributed by atoms with van der Waals surface area (Å²) in [6.45, 7) is 1.79. The van der Waals surface area contributed by atoms with Crippen LogP contribution in [0.4, 0.5) is 5.69 Å². The first kappa shape index (κ1) is 18.3. The molecule has 0 saturated heterocycles. The predicted molar refractivity (Wildman–Crippen MR) is 98.3 cm³/mol. The molecule has 0 unspecified atom stereocenters. The smallest absolute Gasteiger partial charge is 0.348 e. The first-order valence-corrected chi connectivity index (χ1v) is 9.40. The molecule has 0 spiro atoms. The lowest BCUT2D eigenvalue weighted by atomic mass is 9.86. The second-order valence-corrected chi connectivity index (χ2v) is 7.69. The summed E-state index contributed by atoms with van der Waals surface area (Å²) < 4.78 is 5.85. The van der Waals surface area contributed by atoms with Crippen LogP contribution in [0, 0.1) is 16.0 Å². The highest BCUT2D eigenvalue weighted by atomic mass is 32.1. The zero-order chi connectivity index (χ0) is 18.7. The molecule has 7 nitrogen and oxygen atoms in total. The molecular weight excluding hydrogens is 356 g/mol. The van der Waals surface area contributed by atoms with Gasteiger partial charge in [0.1, 0.15) is 4.88 Å². The molecule has 26 heavy (non-hydrogen) atoms. The summed E-state index contributed by atoms with van der Waals surface area (Å²) in [5.74, 6) is -0.462. The standard InChI is InChI=1S/C18H20N2O5S/c1-11-4-2-3-5-14(11)19-17(21)10-25-18(22)16-9-12-8-13(20(23)24)6-7-15(12)26-16/h6-9,11,14H,2-5,10H2,1H3,(H,19,21)/t11-,14-/m1/s1. The summed E-state index contributed by atoms with van der Waals surface area (Å²) in [6.07, 6.45) is 4.34. The van der Waals surface area contributed by atoms with Crippen molar-refractivity contribution in [2.24, 2.45) is 5.92 Å².